The Morgan fingerprint density at radius 2 is 1.45 bits per heavy atom. The third kappa shape index (κ3) is 8.65. The average molecular weight is 962 g/mol. The summed E-state index contributed by atoms with van der Waals surface area (Å²) < 4.78 is 74.9. The van der Waals surface area contributed by atoms with Crippen molar-refractivity contribution in [2.24, 2.45) is 11.8 Å². The molecule has 2 fully saturated rings. The molecule has 364 valence electrons. The number of carbonyl (C=O) groups is 2. The van der Waals surface area contributed by atoms with Gasteiger partial charge in [-0.1, -0.05) is 126 Å². The van der Waals surface area contributed by atoms with E-state index in [1.54, 1.807) is 0 Å². The van der Waals surface area contributed by atoms with Crippen molar-refractivity contribution in [3.05, 3.63) is 153 Å². The van der Waals surface area contributed by atoms with Crippen LogP contribution < -0.4 is 9.47 Å². The lowest BCUT2D eigenvalue weighted by atomic mass is 9.56. The summed E-state index contributed by atoms with van der Waals surface area (Å²) in [6.07, 6.45) is -3.88. The van der Waals surface area contributed by atoms with Crippen molar-refractivity contribution in [2.75, 3.05) is 19.6 Å². The number of ketones is 2. The first-order chi connectivity index (χ1) is 32.9. The molecule has 1 aromatic heterocycles. The molecule has 14 heteroatoms. The second-order valence-electron chi connectivity index (χ2n) is 20.5. The van der Waals surface area contributed by atoms with Gasteiger partial charge < -0.3 is 23.5 Å². The standard InChI is InChI=1S/C55H62F3N3O7Si/c1-8-60(9-2)47-40-29-37-28-39-44(42(65-32-35-22-15-11-16-23-35)30-38(46(39)55(56,57)58)41-26-19-27-61(41)31-34-20-13-10-14-21-34)48(62)43(37)50(63)54(40,68-69(6,7)53(3,4)5)51(64)45-49(47)67-59-52(45)66-33-36-24-17-12-18-25-36/h10-18,20-25,30,37,40-41,47,62H,8-9,19,26-29,31-33H2,1-7H3/t37-,40-,41?,47-,54-/m0/s1. The smallest absolute Gasteiger partial charge is 0.417 e. The fraction of sp³-hybridized carbons (Fsp3) is 0.436. The van der Waals surface area contributed by atoms with Gasteiger partial charge in [-0.3, -0.25) is 19.4 Å². The Hall–Kier alpha value is -5.54. The van der Waals surface area contributed by atoms with Crippen LogP contribution in [0.2, 0.25) is 18.1 Å². The highest BCUT2D eigenvalue weighted by atomic mass is 28.4. The van der Waals surface area contributed by atoms with Crippen LogP contribution in [0, 0.1) is 11.8 Å². The zero-order valence-corrected chi connectivity index (χ0v) is 41.5. The quantitative estimate of drug-likeness (QED) is 0.0852. The fourth-order valence-corrected chi connectivity index (χ4v) is 12.6. The number of aromatic nitrogens is 1. The SMILES string of the molecule is CCN(CC)[C@@H]1c2onc(OCc3ccccc3)c2C(=O)[C@@]2(O[Si](C)(C)C(C)(C)C)C(=O)C3=C(O)c4c(OCc5ccccc5)cc(C5CCCN5Cc5ccccc5)c(C(F)(F)F)c4C[C@H]3C[C@@H]12. The van der Waals surface area contributed by atoms with Gasteiger partial charge in [-0.15, -0.1) is 0 Å². The minimum Gasteiger partial charge on any atom is -0.507 e. The van der Waals surface area contributed by atoms with Crippen LogP contribution in [0.25, 0.3) is 5.76 Å². The van der Waals surface area contributed by atoms with Crippen LogP contribution in [0.4, 0.5) is 13.2 Å². The second kappa shape index (κ2) is 18.7. The van der Waals surface area contributed by atoms with Crippen LogP contribution >= 0.6 is 0 Å². The zero-order valence-electron chi connectivity index (χ0n) is 40.5. The minimum atomic E-state index is -4.85. The van der Waals surface area contributed by atoms with E-state index in [1.165, 1.54) is 6.07 Å². The Labute approximate surface area is 403 Å². The molecular formula is C55H62F3N3O7Si. The molecule has 9 rings (SSSR count). The van der Waals surface area contributed by atoms with E-state index in [0.717, 1.165) is 16.7 Å². The van der Waals surface area contributed by atoms with E-state index in [0.29, 0.717) is 39.0 Å². The Bertz CT molecular complexity index is 2730. The first-order valence-corrected chi connectivity index (χ1v) is 27.2. The lowest BCUT2D eigenvalue weighted by molar-refractivity contribution is -0.141. The number of hydrogen-bond donors (Lipinski definition) is 1. The number of fused-ring (bicyclic) bond motifs is 4. The molecular weight excluding hydrogens is 900 g/mol. The van der Waals surface area contributed by atoms with E-state index in [2.05, 4.69) is 15.0 Å². The van der Waals surface area contributed by atoms with Crippen LogP contribution in [-0.4, -0.2) is 65.2 Å². The third-order valence-corrected chi connectivity index (χ3v) is 19.9. The van der Waals surface area contributed by atoms with E-state index in [4.69, 9.17) is 18.4 Å². The van der Waals surface area contributed by atoms with Gasteiger partial charge in [-0.05, 0) is 108 Å². The molecule has 4 aliphatic rings. The maximum absolute atomic E-state index is 16.3. The molecule has 0 amide bonds. The highest BCUT2D eigenvalue weighted by Crippen LogP contribution is 2.60. The lowest BCUT2D eigenvalue weighted by Gasteiger charge is -2.55. The molecule has 5 atom stereocenters. The van der Waals surface area contributed by atoms with Crippen LogP contribution in [0.1, 0.15) is 121 Å². The summed E-state index contributed by atoms with van der Waals surface area (Å²) in [5, 5.41) is 16.7. The number of benzene rings is 4. The van der Waals surface area contributed by atoms with Gasteiger partial charge in [0.05, 0.1) is 17.2 Å². The monoisotopic (exact) mass is 961 g/mol. The van der Waals surface area contributed by atoms with Gasteiger partial charge in [0.2, 0.25) is 11.6 Å². The number of nitrogens with zero attached hydrogens (tertiary/aromatic N) is 3. The summed E-state index contributed by atoms with van der Waals surface area (Å²) >= 11 is 0. The Morgan fingerprint density at radius 1 is 0.855 bits per heavy atom. The molecule has 2 heterocycles. The molecule has 0 bridgehead atoms. The largest absolute Gasteiger partial charge is 0.507 e. The maximum atomic E-state index is 16.3. The van der Waals surface area contributed by atoms with E-state index < -0.39 is 71.9 Å². The van der Waals surface area contributed by atoms with E-state index >= 15 is 22.8 Å². The third-order valence-electron chi connectivity index (χ3n) is 15.4. The molecule has 1 unspecified atom stereocenters. The van der Waals surface area contributed by atoms with Crippen LogP contribution in [-0.2, 0) is 41.6 Å². The molecule has 4 aromatic carbocycles. The predicted molar refractivity (Wildman–Crippen MR) is 259 cm³/mol. The number of carbonyl (C=O) groups excluding carboxylic acids is 2. The summed E-state index contributed by atoms with van der Waals surface area (Å²) in [5.74, 6) is -3.78. The fourth-order valence-electron chi connectivity index (χ4n) is 11.1. The molecule has 0 radical (unpaired) electrons. The zero-order chi connectivity index (χ0) is 49.0. The van der Waals surface area contributed by atoms with E-state index in [9.17, 15) is 5.11 Å². The lowest BCUT2D eigenvalue weighted by Crippen LogP contribution is -2.68. The second-order valence-corrected chi connectivity index (χ2v) is 25.2. The summed E-state index contributed by atoms with van der Waals surface area (Å²) in [4.78, 5) is 36.3. The van der Waals surface area contributed by atoms with Gasteiger partial charge in [0.25, 0.3) is 5.88 Å². The van der Waals surface area contributed by atoms with Gasteiger partial charge in [0, 0.05) is 24.1 Å². The number of rotatable bonds is 14. The summed E-state index contributed by atoms with van der Waals surface area (Å²) in [6, 6.07) is 28.4. The van der Waals surface area contributed by atoms with Crippen molar-refractivity contribution < 1.29 is 46.3 Å². The normalized spacial score (nSPS) is 22.9. The first-order valence-electron chi connectivity index (χ1n) is 24.2. The van der Waals surface area contributed by atoms with Crippen molar-refractivity contribution in [3.63, 3.8) is 0 Å². The number of hydrogen-bond acceptors (Lipinski definition) is 10. The topological polar surface area (TPSA) is 115 Å². The van der Waals surface area contributed by atoms with Crippen LogP contribution in [0.5, 0.6) is 11.6 Å². The van der Waals surface area contributed by atoms with Crippen molar-refractivity contribution in [1.82, 2.24) is 15.0 Å². The van der Waals surface area contributed by atoms with Gasteiger partial charge in [0.15, 0.2) is 19.7 Å². The first kappa shape index (κ1) is 48.5. The minimum absolute atomic E-state index is 0.00612. The Kier molecular flexibility index (Phi) is 13.1. The van der Waals surface area contributed by atoms with E-state index in [1.807, 2.05) is 139 Å². The van der Waals surface area contributed by atoms with Crippen LogP contribution in [0.3, 0.4) is 0 Å². The molecule has 1 aliphatic heterocycles. The molecule has 0 spiro atoms. The molecule has 1 saturated carbocycles. The van der Waals surface area contributed by atoms with Gasteiger partial charge in [-0.25, -0.2) is 0 Å². The summed E-state index contributed by atoms with van der Waals surface area (Å²) in [5.41, 5.74) is -0.837. The summed E-state index contributed by atoms with van der Waals surface area (Å²) in [6.45, 7) is 16.0. The number of aliphatic hydroxyl groups excluding tert-OH is 1. The molecule has 5 aromatic rings. The number of likely N-dealkylation sites (tertiary alicyclic amines) is 1. The maximum Gasteiger partial charge on any atom is 0.417 e. The van der Waals surface area contributed by atoms with Gasteiger partial charge >= 0.3 is 6.18 Å². The highest BCUT2D eigenvalue weighted by molar-refractivity contribution is 6.74. The number of alkyl halides is 3. The highest BCUT2D eigenvalue weighted by Gasteiger charge is 2.69. The van der Waals surface area contributed by atoms with E-state index in [-0.39, 0.29) is 71.3 Å². The van der Waals surface area contributed by atoms with Gasteiger partial charge in [0.1, 0.15) is 30.3 Å². The summed E-state index contributed by atoms with van der Waals surface area (Å²) in [7, 11) is -3.10. The van der Waals surface area contributed by atoms with Crippen molar-refractivity contribution in [2.45, 2.75) is 122 Å². The number of halogens is 3. The van der Waals surface area contributed by atoms with Crippen molar-refractivity contribution in [3.8, 4) is 11.6 Å². The van der Waals surface area contributed by atoms with Gasteiger partial charge in [-0.2, -0.15) is 13.2 Å². The molecule has 10 nitrogen and oxygen atoms in total. The molecule has 1 saturated heterocycles. The molecule has 3 aliphatic carbocycles. The Morgan fingerprint density at radius 3 is 2.03 bits per heavy atom. The Balaban J connectivity index is 1.26. The predicted octanol–water partition coefficient (Wildman–Crippen LogP) is 12.3. The van der Waals surface area contributed by atoms with Crippen molar-refractivity contribution in [1.29, 1.82) is 0 Å². The van der Waals surface area contributed by atoms with Crippen molar-refractivity contribution >= 4 is 25.6 Å². The van der Waals surface area contributed by atoms with Crippen LogP contribution in [0.15, 0.2) is 107 Å². The molecule has 1 N–H and O–H groups in total. The molecule has 69 heavy (non-hydrogen) atoms. The number of Topliss-reactive ketones (excluding diaryl/α,β-unsaturated/α-hetero) is 2. The average Bonchev–Trinajstić information content (AvgIpc) is 3.97. The number of ether oxygens (including phenoxy) is 2. The number of aliphatic hydroxyl groups is 1.